The second-order valence-corrected chi connectivity index (χ2v) is 0.656. The molecule has 0 amide bonds. The third-order valence-electron chi connectivity index (χ3n) is 0.331. The Labute approximate surface area is 62.9 Å². The molecule has 0 saturated heterocycles. The van der Waals surface area contributed by atoms with E-state index in [0.29, 0.717) is 0 Å². The molecule has 5 heteroatoms. The largest absolute Gasteiger partial charge is 0.412 e. The Morgan fingerprint density at radius 1 is 1.14 bits per heavy atom. The van der Waals surface area contributed by atoms with E-state index in [0.717, 1.165) is 0 Å². The van der Waals surface area contributed by atoms with Gasteiger partial charge in [0.2, 0.25) is 0 Å². The Morgan fingerprint density at radius 2 is 1.57 bits per heavy atom. The minimum absolute atomic E-state index is 0. The molecule has 35 valence electrons. The van der Waals surface area contributed by atoms with Crippen LogP contribution in [0.4, 0.5) is 0 Å². The molecular weight excluding hydrogens is 105 g/mol. The maximum absolute atomic E-state index is 3.49. The van der Waals surface area contributed by atoms with Crippen LogP contribution < -0.4 is 0 Å². The Hall–Kier alpha value is 0.1000. The van der Waals surface area contributed by atoms with Gasteiger partial charge in [-0.3, -0.25) is 0 Å². The van der Waals surface area contributed by atoms with Crippen molar-refractivity contribution in [1.29, 1.82) is 0 Å². The van der Waals surface area contributed by atoms with Crippen LogP contribution in [0.1, 0.15) is 0 Å². The zero-order valence-electron chi connectivity index (χ0n) is 4.05. The zero-order chi connectivity index (χ0) is 3.54. The summed E-state index contributed by atoms with van der Waals surface area (Å²) in [5, 5.41) is 9.33. The van der Waals surface area contributed by atoms with E-state index in [9.17, 15) is 0 Å². The molecule has 0 fully saturated rings. The number of aromatic nitrogens is 3. The average molecular weight is 110 g/mol. The normalized spacial score (nSPS) is 5.71. The summed E-state index contributed by atoms with van der Waals surface area (Å²) in [4.78, 5) is 0. The van der Waals surface area contributed by atoms with Crippen molar-refractivity contribution in [3.05, 3.63) is 12.4 Å². The van der Waals surface area contributed by atoms with Gasteiger partial charge in [-0.25, -0.2) is 0 Å². The zero-order valence-corrected chi connectivity index (χ0v) is 6.05. The monoisotopic (exact) mass is 110 g/mol. The predicted octanol–water partition coefficient (Wildman–Crippen LogP) is -1.40. The summed E-state index contributed by atoms with van der Waals surface area (Å²) < 4.78 is 0. The number of aromatic amines is 1. The molecule has 4 nitrogen and oxygen atoms in total. The average Bonchev–Trinajstić information content (AvgIpc) is 1.76. The first-order chi connectivity index (χ1) is 2.50. The second kappa shape index (κ2) is 6.10. The van der Waals surface area contributed by atoms with Crippen LogP contribution in [0.15, 0.2) is 12.4 Å². The summed E-state index contributed by atoms with van der Waals surface area (Å²) in [7, 11) is 0. The number of hydrogen-bond donors (Lipinski definition) is 1. The van der Waals surface area contributed by atoms with E-state index < -0.39 is 0 Å². The van der Waals surface area contributed by atoms with E-state index in [1.807, 2.05) is 0 Å². The first-order valence-corrected chi connectivity index (χ1v) is 1.30. The van der Waals surface area contributed by atoms with Gasteiger partial charge in [0, 0.05) is 29.6 Å². The molecule has 0 aliphatic rings. The fourth-order valence-corrected chi connectivity index (χ4v) is 0.167. The minimum atomic E-state index is 0. The molecule has 0 spiro atoms. The number of nitrogens with zero attached hydrogens (tertiary/aromatic N) is 2. The van der Waals surface area contributed by atoms with Crippen molar-refractivity contribution in [3.63, 3.8) is 0 Å². The fourth-order valence-electron chi connectivity index (χ4n) is 0.167. The number of hydrogen-bond acceptors (Lipinski definition) is 2. The molecule has 7 heavy (non-hydrogen) atoms. The molecule has 3 N–H and O–H groups in total. The van der Waals surface area contributed by atoms with Crippen molar-refractivity contribution < 1.29 is 5.48 Å². The van der Waals surface area contributed by atoms with Gasteiger partial charge in [-0.15, -0.1) is 0 Å². The molecular formula is C2H5N3NaO. The molecule has 0 atom stereocenters. The summed E-state index contributed by atoms with van der Waals surface area (Å²) in [5.41, 5.74) is 0. The Bertz CT molecular complexity index is 69.4. The third-order valence-corrected chi connectivity index (χ3v) is 0.331. The maximum atomic E-state index is 3.49. The van der Waals surface area contributed by atoms with Crippen molar-refractivity contribution in [3.8, 4) is 0 Å². The van der Waals surface area contributed by atoms with E-state index in [1.54, 1.807) is 12.4 Å². The van der Waals surface area contributed by atoms with Crippen LogP contribution in [0.3, 0.4) is 0 Å². The van der Waals surface area contributed by atoms with Gasteiger partial charge in [-0.1, -0.05) is 0 Å². The number of nitrogens with one attached hydrogen (secondary N) is 1. The Balaban J connectivity index is 0. The molecule has 1 heterocycles. The van der Waals surface area contributed by atoms with E-state index in [1.165, 1.54) is 0 Å². The maximum Gasteiger partial charge on any atom is 0.0690 e. The van der Waals surface area contributed by atoms with E-state index in [4.69, 9.17) is 0 Å². The van der Waals surface area contributed by atoms with Crippen LogP contribution in [0.2, 0.25) is 0 Å². The van der Waals surface area contributed by atoms with Crippen LogP contribution >= 0.6 is 0 Å². The first-order valence-electron chi connectivity index (χ1n) is 1.30. The summed E-state index contributed by atoms with van der Waals surface area (Å²) in [5.74, 6) is 0. The summed E-state index contributed by atoms with van der Waals surface area (Å²) >= 11 is 0. The summed E-state index contributed by atoms with van der Waals surface area (Å²) in [6.45, 7) is 0. The minimum Gasteiger partial charge on any atom is -0.412 e. The van der Waals surface area contributed by atoms with Crippen molar-refractivity contribution in [2.75, 3.05) is 0 Å². The van der Waals surface area contributed by atoms with Crippen LogP contribution in [0.25, 0.3) is 0 Å². The fraction of sp³-hybridized carbons (Fsp3) is 0. The van der Waals surface area contributed by atoms with Crippen molar-refractivity contribution in [1.82, 2.24) is 15.4 Å². The molecule has 0 aromatic carbocycles. The topological polar surface area (TPSA) is 73.1 Å². The Morgan fingerprint density at radius 3 is 1.71 bits per heavy atom. The number of rotatable bonds is 0. The van der Waals surface area contributed by atoms with E-state index in [2.05, 4.69) is 15.4 Å². The molecule has 0 aliphatic carbocycles. The smallest absolute Gasteiger partial charge is 0.0690 e. The first kappa shape index (κ1) is 10.2. The predicted molar refractivity (Wildman–Crippen MR) is 25.8 cm³/mol. The van der Waals surface area contributed by atoms with Gasteiger partial charge in [0.05, 0.1) is 12.4 Å². The van der Waals surface area contributed by atoms with Gasteiger partial charge in [0.15, 0.2) is 0 Å². The second-order valence-electron chi connectivity index (χ2n) is 0.656. The van der Waals surface area contributed by atoms with E-state index >= 15 is 0 Å². The SMILES string of the molecule is O.[Na].c1cn[nH]n1. The molecule has 1 rings (SSSR count). The third kappa shape index (κ3) is 3.94. The van der Waals surface area contributed by atoms with Crippen molar-refractivity contribution in [2.24, 2.45) is 0 Å². The molecule has 0 aliphatic heterocycles. The van der Waals surface area contributed by atoms with Gasteiger partial charge in [-0.05, 0) is 0 Å². The summed E-state index contributed by atoms with van der Waals surface area (Å²) in [6, 6.07) is 0. The Kier molecular flexibility index (Phi) is 8.85. The van der Waals surface area contributed by atoms with Gasteiger partial charge >= 0.3 is 0 Å². The molecule has 0 saturated carbocycles. The summed E-state index contributed by atoms with van der Waals surface area (Å²) in [6.07, 6.45) is 3.17. The van der Waals surface area contributed by atoms with Crippen molar-refractivity contribution >= 4 is 29.6 Å². The van der Waals surface area contributed by atoms with Gasteiger partial charge in [-0.2, -0.15) is 15.4 Å². The standard InChI is InChI=1S/C2H3N3.Na.H2O/c1-2-4-5-3-1;;/h1-2H,(H,3,4,5);;1H2. The number of H-pyrrole nitrogens is 1. The van der Waals surface area contributed by atoms with Crippen LogP contribution in [-0.4, -0.2) is 50.4 Å². The van der Waals surface area contributed by atoms with Gasteiger partial charge in [0.25, 0.3) is 0 Å². The van der Waals surface area contributed by atoms with Crippen molar-refractivity contribution in [2.45, 2.75) is 0 Å². The van der Waals surface area contributed by atoms with Gasteiger partial charge in [0.1, 0.15) is 0 Å². The molecule has 0 unspecified atom stereocenters. The van der Waals surface area contributed by atoms with Gasteiger partial charge < -0.3 is 5.48 Å². The van der Waals surface area contributed by atoms with E-state index in [-0.39, 0.29) is 35.0 Å². The van der Waals surface area contributed by atoms with Crippen LogP contribution in [-0.2, 0) is 0 Å². The molecule has 1 aromatic rings. The quantitative estimate of drug-likeness (QED) is 0.417. The molecule has 1 radical (unpaired) electrons. The van der Waals surface area contributed by atoms with Crippen LogP contribution in [0.5, 0.6) is 0 Å². The molecule has 1 aromatic heterocycles. The van der Waals surface area contributed by atoms with Crippen LogP contribution in [0, 0.1) is 0 Å². The molecule has 0 bridgehead atoms.